The first kappa shape index (κ1) is 23.3. The lowest BCUT2D eigenvalue weighted by Gasteiger charge is -2.33. The fraction of sp³-hybridized carbons (Fsp3) is 0.350. The zero-order chi connectivity index (χ0) is 20.3. The summed E-state index contributed by atoms with van der Waals surface area (Å²) in [5.41, 5.74) is 1.66. The first-order chi connectivity index (χ1) is 13.3. The summed E-state index contributed by atoms with van der Waals surface area (Å²) in [4.78, 5) is 14.2. The Kier molecular flexibility index (Phi) is 7.76. The molecule has 6 nitrogen and oxygen atoms in total. The second-order valence-corrected chi connectivity index (χ2v) is 8.71. The van der Waals surface area contributed by atoms with Gasteiger partial charge < -0.3 is 10.2 Å². The molecule has 1 fully saturated rings. The highest BCUT2D eigenvalue weighted by Crippen LogP contribution is 2.23. The number of halogens is 2. The summed E-state index contributed by atoms with van der Waals surface area (Å²) in [5.74, 6) is -1.34. The summed E-state index contributed by atoms with van der Waals surface area (Å²) in [7, 11) is -4.01. The number of carbonyl (C=O) groups excluding carboxylic acids is 1. The minimum atomic E-state index is -4.01. The van der Waals surface area contributed by atoms with Crippen molar-refractivity contribution in [2.45, 2.75) is 18.7 Å². The second-order valence-electron chi connectivity index (χ2n) is 6.81. The predicted molar refractivity (Wildman–Crippen MR) is 114 cm³/mol. The Labute approximate surface area is 177 Å². The van der Waals surface area contributed by atoms with Crippen molar-refractivity contribution in [2.24, 2.45) is 0 Å². The number of piperazine rings is 1. The van der Waals surface area contributed by atoms with Crippen molar-refractivity contribution < 1.29 is 17.6 Å². The molecule has 1 N–H and O–H groups in total. The zero-order valence-electron chi connectivity index (χ0n) is 16.4. The molecule has 2 aromatic carbocycles. The fourth-order valence-electron chi connectivity index (χ4n) is 3.19. The number of hydrogen-bond acceptors (Lipinski definition) is 4. The molecule has 158 valence electrons. The Bertz CT molecular complexity index is 977. The van der Waals surface area contributed by atoms with Crippen molar-refractivity contribution in [2.75, 3.05) is 38.0 Å². The van der Waals surface area contributed by atoms with Gasteiger partial charge in [0.2, 0.25) is 10.0 Å². The number of amides is 1. The van der Waals surface area contributed by atoms with E-state index in [1.54, 1.807) is 18.2 Å². The molecule has 1 heterocycles. The molecule has 1 aliphatic heterocycles. The number of hydrogen-bond donors (Lipinski definition) is 1. The summed E-state index contributed by atoms with van der Waals surface area (Å²) in [6, 6.07) is 10.7. The lowest BCUT2D eigenvalue weighted by molar-refractivity contribution is 0.102. The van der Waals surface area contributed by atoms with Gasteiger partial charge in [-0.25, -0.2) is 12.8 Å². The second kappa shape index (κ2) is 9.67. The van der Waals surface area contributed by atoms with Crippen LogP contribution in [0.25, 0.3) is 0 Å². The Morgan fingerprint density at radius 3 is 2.41 bits per heavy atom. The van der Waals surface area contributed by atoms with Crippen LogP contribution >= 0.6 is 12.4 Å². The van der Waals surface area contributed by atoms with Gasteiger partial charge in [-0.3, -0.25) is 4.79 Å². The van der Waals surface area contributed by atoms with E-state index in [0.717, 1.165) is 24.2 Å². The third kappa shape index (κ3) is 5.33. The minimum Gasteiger partial charge on any atom is -0.322 e. The van der Waals surface area contributed by atoms with Gasteiger partial charge >= 0.3 is 0 Å². The van der Waals surface area contributed by atoms with Gasteiger partial charge in [0.25, 0.3) is 5.91 Å². The van der Waals surface area contributed by atoms with E-state index in [1.807, 2.05) is 19.9 Å². The minimum absolute atomic E-state index is 0. The van der Waals surface area contributed by atoms with Gasteiger partial charge in [-0.05, 0) is 49.4 Å². The normalized spacial score (nSPS) is 15.6. The van der Waals surface area contributed by atoms with Crippen LogP contribution in [0.5, 0.6) is 0 Å². The van der Waals surface area contributed by atoms with Gasteiger partial charge in [-0.15, -0.1) is 12.4 Å². The van der Waals surface area contributed by atoms with Crippen molar-refractivity contribution in [3.8, 4) is 0 Å². The third-order valence-corrected chi connectivity index (χ3v) is 6.78. The standard InChI is InChI=1S/C20H24FN3O3S.ClH/c1-3-23-9-11-24(12-10-23)28(26,27)19-14-16(7-8-18(19)21)20(25)22-17-6-4-5-15(2)13-17;/h4-8,13-14H,3,9-12H2,1-2H3,(H,22,25);1H. The van der Waals surface area contributed by atoms with E-state index in [4.69, 9.17) is 0 Å². The van der Waals surface area contributed by atoms with Crippen LogP contribution in [-0.4, -0.2) is 56.3 Å². The van der Waals surface area contributed by atoms with E-state index in [2.05, 4.69) is 10.2 Å². The van der Waals surface area contributed by atoms with Crippen LogP contribution in [0.2, 0.25) is 0 Å². The number of carbonyl (C=O) groups is 1. The molecule has 9 heteroatoms. The summed E-state index contributed by atoms with van der Waals surface area (Å²) in [6.07, 6.45) is 0. The number of rotatable bonds is 5. The molecule has 1 amide bonds. The molecule has 29 heavy (non-hydrogen) atoms. The van der Waals surface area contributed by atoms with Crippen molar-refractivity contribution in [1.82, 2.24) is 9.21 Å². The van der Waals surface area contributed by atoms with Crippen LogP contribution in [0.4, 0.5) is 10.1 Å². The number of sulfonamides is 1. The summed E-state index contributed by atoms with van der Waals surface area (Å²) < 4.78 is 41.5. The molecule has 0 unspecified atom stereocenters. The van der Waals surface area contributed by atoms with Gasteiger partial charge in [0.05, 0.1) is 0 Å². The summed E-state index contributed by atoms with van der Waals surface area (Å²) in [5, 5.41) is 2.71. The largest absolute Gasteiger partial charge is 0.322 e. The molecule has 3 rings (SSSR count). The highest BCUT2D eigenvalue weighted by atomic mass is 35.5. The molecular formula is C20H25ClFN3O3S. The topological polar surface area (TPSA) is 69.7 Å². The average molecular weight is 442 g/mol. The Morgan fingerprint density at radius 2 is 1.79 bits per heavy atom. The first-order valence-corrected chi connectivity index (χ1v) is 10.7. The van der Waals surface area contributed by atoms with Crippen molar-refractivity contribution in [3.63, 3.8) is 0 Å². The molecule has 0 radical (unpaired) electrons. The maximum atomic E-state index is 14.4. The molecule has 1 aliphatic rings. The highest BCUT2D eigenvalue weighted by Gasteiger charge is 2.31. The number of anilines is 1. The quantitative estimate of drug-likeness (QED) is 0.773. The van der Waals surface area contributed by atoms with Crippen LogP contribution in [0.1, 0.15) is 22.8 Å². The Balaban J connectivity index is 0.00000300. The van der Waals surface area contributed by atoms with E-state index in [1.165, 1.54) is 10.4 Å². The molecule has 0 atom stereocenters. The Hall–Kier alpha value is -2.00. The molecular weight excluding hydrogens is 417 g/mol. The SMILES string of the molecule is CCN1CCN(S(=O)(=O)c2cc(C(=O)Nc3cccc(C)c3)ccc2F)CC1.Cl. The Morgan fingerprint density at radius 1 is 1.10 bits per heavy atom. The molecule has 0 saturated carbocycles. The zero-order valence-corrected chi connectivity index (χ0v) is 18.0. The molecule has 0 spiro atoms. The van der Waals surface area contributed by atoms with E-state index in [-0.39, 0.29) is 18.0 Å². The lowest BCUT2D eigenvalue weighted by Crippen LogP contribution is -2.48. The smallest absolute Gasteiger partial charge is 0.255 e. The maximum Gasteiger partial charge on any atom is 0.255 e. The molecule has 2 aromatic rings. The van der Waals surface area contributed by atoms with Crippen LogP contribution in [0, 0.1) is 12.7 Å². The van der Waals surface area contributed by atoms with Crippen LogP contribution in [0.15, 0.2) is 47.4 Å². The van der Waals surface area contributed by atoms with Gasteiger partial charge in [-0.2, -0.15) is 4.31 Å². The number of benzene rings is 2. The van der Waals surface area contributed by atoms with Crippen LogP contribution in [-0.2, 0) is 10.0 Å². The first-order valence-electron chi connectivity index (χ1n) is 9.21. The number of aryl methyl sites for hydroxylation is 1. The fourth-order valence-corrected chi connectivity index (χ4v) is 4.71. The van der Waals surface area contributed by atoms with Gasteiger partial charge in [0.1, 0.15) is 10.7 Å². The molecule has 1 saturated heterocycles. The summed E-state index contributed by atoms with van der Waals surface area (Å²) in [6.45, 7) is 6.56. The average Bonchev–Trinajstić information content (AvgIpc) is 2.68. The van der Waals surface area contributed by atoms with Crippen LogP contribution < -0.4 is 5.32 Å². The van der Waals surface area contributed by atoms with Crippen molar-refractivity contribution in [1.29, 1.82) is 0 Å². The molecule has 0 aromatic heterocycles. The number of nitrogens with zero attached hydrogens (tertiary/aromatic N) is 2. The van der Waals surface area contributed by atoms with E-state index in [0.29, 0.717) is 31.9 Å². The number of nitrogens with one attached hydrogen (secondary N) is 1. The van der Waals surface area contributed by atoms with Gasteiger partial charge in [0.15, 0.2) is 0 Å². The van der Waals surface area contributed by atoms with Crippen molar-refractivity contribution in [3.05, 3.63) is 59.4 Å². The predicted octanol–water partition coefficient (Wildman–Crippen LogP) is 3.13. The number of likely N-dealkylation sites (N-methyl/N-ethyl adjacent to an activating group) is 1. The third-order valence-electron chi connectivity index (χ3n) is 4.87. The van der Waals surface area contributed by atoms with Gasteiger partial charge in [0, 0.05) is 37.4 Å². The van der Waals surface area contributed by atoms with E-state index in [9.17, 15) is 17.6 Å². The highest BCUT2D eigenvalue weighted by molar-refractivity contribution is 7.89. The molecule has 0 aliphatic carbocycles. The lowest BCUT2D eigenvalue weighted by atomic mass is 10.2. The van der Waals surface area contributed by atoms with Crippen molar-refractivity contribution >= 4 is 34.0 Å². The monoisotopic (exact) mass is 441 g/mol. The van der Waals surface area contributed by atoms with E-state index < -0.39 is 26.6 Å². The van der Waals surface area contributed by atoms with E-state index >= 15 is 0 Å². The van der Waals surface area contributed by atoms with Gasteiger partial charge in [-0.1, -0.05) is 19.1 Å². The van der Waals surface area contributed by atoms with Crippen LogP contribution in [0.3, 0.4) is 0 Å². The molecule has 0 bridgehead atoms. The summed E-state index contributed by atoms with van der Waals surface area (Å²) >= 11 is 0. The maximum absolute atomic E-state index is 14.4.